The molecule has 0 amide bonds. The second-order valence-corrected chi connectivity index (χ2v) is 14.8. The molecule has 6 rings (SSSR count). The fraction of sp³-hybridized carbons (Fsp3) is 0.743. The molecule has 2 aromatic rings. The fourth-order valence-corrected chi connectivity index (χ4v) is 10.9. The average Bonchev–Trinajstić information content (AvgIpc) is 3.44. The number of fused-ring (bicyclic) bond motifs is 6. The monoisotopic (exact) mass is 546 g/mol. The van der Waals surface area contributed by atoms with Crippen LogP contribution >= 0.6 is 0 Å². The largest absolute Gasteiger partial charge is 0.463 e. The van der Waals surface area contributed by atoms with Crippen molar-refractivity contribution in [2.45, 2.75) is 118 Å². The zero-order valence-corrected chi connectivity index (χ0v) is 25.7. The number of aromatic nitrogens is 2. The first-order valence-corrected chi connectivity index (χ1v) is 16.2. The minimum absolute atomic E-state index is 0.0613. The van der Waals surface area contributed by atoms with E-state index in [2.05, 4.69) is 39.8 Å². The summed E-state index contributed by atoms with van der Waals surface area (Å²) in [5, 5.41) is 0. The summed E-state index contributed by atoms with van der Waals surface area (Å²) in [7, 11) is 0. The van der Waals surface area contributed by atoms with Crippen molar-refractivity contribution in [3.8, 4) is 0 Å². The molecule has 0 aliphatic heterocycles. The Balaban J connectivity index is 1.15. The highest BCUT2D eigenvalue weighted by Gasteiger charge is 2.60. The number of benzene rings is 1. The van der Waals surface area contributed by atoms with Gasteiger partial charge in [-0.1, -0.05) is 26.8 Å². The minimum Gasteiger partial charge on any atom is -0.463 e. The number of imidazole rings is 1. The molecule has 4 aliphatic rings. The SMILES string of the molecule is CC(=O)OC1CC[C@]2(C)C3CC[C@]4(C)C(C(C)CCc5nc6cc(C)ccc6n5C(C)=O)CCC4C3CC[C@@H]2C1. The van der Waals surface area contributed by atoms with E-state index in [0.717, 1.165) is 66.2 Å². The summed E-state index contributed by atoms with van der Waals surface area (Å²) in [5.74, 6) is 5.48. The summed E-state index contributed by atoms with van der Waals surface area (Å²) in [6.07, 6.45) is 13.6. The Labute approximate surface area is 240 Å². The number of carbonyl (C=O) groups is 2. The second-order valence-electron chi connectivity index (χ2n) is 14.8. The first-order valence-electron chi connectivity index (χ1n) is 16.2. The van der Waals surface area contributed by atoms with Gasteiger partial charge in [0.25, 0.3) is 0 Å². The van der Waals surface area contributed by atoms with Crippen molar-refractivity contribution >= 4 is 22.9 Å². The molecular weight excluding hydrogens is 496 g/mol. The highest BCUT2D eigenvalue weighted by molar-refractivity contribution is 5.90. The molecule has 0 N–H and O–H groups in total. The normalized spacial score (nSPS) is 37.9. The summed E-state index contributed by atoms with van der Waals surface area (Å²) in [6.45, 7) is 13.0. The van der Waals surface area contributed by atoms with Crippen LogP contribution in [0, 0.1) is 53.3 Å². The number of hydrogen-bond acceptors (Lipinski definition) is 4. The topological polar surface area (TPSA) is 61.2 Å². The quantitative estimate of drug-likeness (QED) is 0.355. The lowest BCUT2D eigenvalue weighted by atomic mass is 9.44. The fourth-order valence-electron chi connectivity index (χ4n) is 10.9. The molecule has 1 aromatic carbocycles. The van der Waals surface area contributed by atoms with E-state index in [4.69, 9.17) is 9.72 Å². The molecule has 0 saturated heterocycles. The van der Waals surface area contributed by atoms with Gasteiger partial charge in [0.15, 0.2) is 0 Å². The van der Waals surface area contributed by atoms with Gasteiger partial charge in [0.1, 0.15) is 11.9 Å². The van der Waals surface area contributed by atoms with E-state index in [1.807, 2.05) is 10.6 Å². The lowest BCUT2D eigenvalue weighted by Gasteiger charge is -2.61. The molecule has 5 nitrogen and oxygen atoms in total. The Morgan fingerprint density at radius 2 is 1.77 bits per heavy atom. The van der Waals surface area contributed by atoms with Crippen LogP contribution in [0.5, 0.6) is 0 Å². The Morgan fingerprint density at radius 1 is 1.02 bits per heavy atom. The summed E-state index contributed by atoms with van der Waals surface area (Å²) in [5.41, 5.74) is 3.90. The number of hydrogen-bond donors (Lipinski definition) is 0. The molecule has 0 radical (unpaired) electrons. The van der Waals surface area contributed by atoms with Crippen LogP contribution in [0.15, 0.2) is 18.2 Å². The van der Waals surface area contributed by atoms with Gasteiger partial charge in [-0.3, -0.25) is 14.2 Å². The van der Waals surface area contributed by atoms with Gasteiger partial charge in [-0.05, 0) is 135 Å². The maximum absolute atomic E-state index is 12.6. The molecule has 5 heteroatoms. The highest BCUT2D eigenvalue weighted by atomic mass is 16.5. The molecule has 1 heterocycles. The van der Waals surface area contributed by atoms with Gasteiger partial charge in [0.05, 0.1) is 11.0 Å². The van der Waals surface area contributed by atoms with Crippen LogP contribution in [0.4, 0.5) is 0 Å². The first kappa shape index (κ1) is 28.0. The minimum atomic E-state index is -0.115. The van der Waals surface area contributed by atoms with Crippen LogP contribution in [0.3, 0.4) is 0 Å². The Kier molecular flexibility index (Phi) is 7.19. The van der Waals surface area contributed by atoms with Crippen LogP contribution in [-0.4, -0.2) is 27.5 Å². The van der Waals surface area contributed by atoms with E-state index >= 15 is 0 Å². The number of nitrogens with zero attached hydrogens (tertiary/aromatic N) is 2. The van der Waals surface area contributed by atoms with Gasteiger partial charge in [-0.2, -0.15) is 0 Å². The van der Waals surface area contributed by atoms with Gasteiger partial charge in [0, 0.05) is 20.3 Å². The van der Waals surface area contributed by atoms with E-state index in [-0.39, 0.29) is 18.0 Å². The lowest BCUT2D eigenvalue weighted by Crippen LogP contribution is -2.54. The number of rotatable bonds is 5. The summed E-state index contributed by atoms with van der Waals surface area (Å²) in [6, 6.07) is 6.22. The van der Waals surface area contributed by atoms with E-state index in [0.29, 0.717) is 22.7 Å². The smallest absolute Gasteiger partial charge is 0.302 e. The van der Waals surface area contributed by atoms with E-state index in [1.165, 1.54) is 50.5 Å². The van der Waals surface area contributed by atoms with Crippen molar-refractivity contribution < 1.29 is 14.3 Å². The van der Waals surface area contributed by atoms with E-state index < -0.39 is 0 Å². The molecule has 0 spiro atoms. The summed E-state index contributed by atoms with van der Waals surface area (Å²) < 4.78 is 7.53. The zero-order chi connectivity index (χ0) is 28.4. The van der Waals surface area contributed by atoms with Crippen LogP contribution in [0.2, 0.25) is 0 Å². The molecule has 1 aromatic heterocycles. The molecule has 6 unspecified atom stereocenters. The van der Waals surface area contributed by atoms with E-state index in [9.17, 15) is 9.59 Å². The van der Waals surface area contributed by atoms with Gasteiger partial charge < -0.3 is 4.74 Å². The Hall–Kier alpha value is -2.17. The molecule has 0 bridgehead atoms. The summed E-state index contributed by atoms with van der Waals surface area (Å²) in [4.78, 5) is 29.1. The van der Waals surface area contributed by atoms with Gasteiger partial charge >= 0.3 is 5.97 Å². The van der Waals surface area contributed by atoms with Gasteiger partial charge in [-0.25, -0.2) is 4.98 Å². The van der Waals surface area contributed by atoms with Crippen molar-refractivity contribution in [3.05, 3.63) is 29.6 Å². The van der Waals surface area contributed by atoms with Crippen LogP contribution < -0.4 is 0 Å². The van der Waals surface area contributed by atoms with Crippen molar-refractivity contribution in [2.24, 2.45) is 46.3 Å². The maximum atomic E-state index is 12.6. The molecule has 4 fully saturated rings. The summed E-state index contributed by atoms with van der Waals surface area (Å²) >= 11 is 0. The van der Waals surface area contributed by atoms with Crippen molar-refractivity contribution in [1.82, 2.24) is 9.55 Å². The Bertz CT molecular complexity index is 1300. The maximum Gasteiger partial charge on any atom is 0.302 e. The molecule has 4 aliphatic carbocycles. The third-order valence-electron chi connectivity index (χ3n) is 12.7. The zero-order valence-electron chi connectivity index (χ0n) is 25.7. The number of aryl methyl sites for hydroxylation is 2. The van der Waals surface area contributed by atoms with Crippen molar-refractivity contribution in [2.75, 3.05) is 0 Å². The van der Waals surface area contributed by atoms with Crippen LogP contribution in [-0.2, 0) is 16.0 Å². The highest BCUT2D eigenvalue weighted by Crippen LogP contribution is 2.68. The van der Waals surface area contributed by atoms with Gasteiger partial charge in [-0.15, -0.1) is 0 Å². The average molecular weight is 547 g/mol. The van der Waals surface area contributed by atoms with Crippen LogP contribution in [0.1, 0.15) is 115 Å². The van der Waals surface area contributed by atoms with Crippen LogP contribution in [0.25, 0.3) is 11.0 Å². The molecule has 4 saturated carbocycles. The number of carbonyl (C=O) groups excluding carboxylic acids is 2. The predicted molar refractivity (Wildman–Crippen MR) is 159 cm³/mol. The molecular formula is C35H50N2O3. The van der Waals surface area contributed by atoms with Crippen molar-refractivity contribution in [1.29, 1.82) is 0 Å². The number of ether oxygens (including phenoxy) is 1. The molecule has 9 atom stereocenters. The van der Waals surface area contributed by atoms with Crippen molar-refractivity contribution in [3.63, 3.8) is 0 Å². The second kappa shape index (κ2) is 10.3. The molecule has 40 heavy (non-hydrogen) atoms. The molecule has 218 valence electrons. The third kappa shape index (κ3) is 4.54. The van der Waals surface area contributed by atoms with Gasteiger partial charge in [0.2, 0.25) is 5.91 Å². The standard InChI is InChI=1S/C35H50N2O3/c1-21-7-13-32-31(19-21)36-33(37(32)23(3)38)14-8-22(2)28-11-12-29-27-10-9-25-20-26(40-24(4)39)15-17-34(25,5)30(27)16-18-35(28,29)6/h7,13,19,22,25-30H,8-12,14-18,20H2,1-6H3/t22?,25-,26?,27?,28?,29?,30?,34+,35-/m1/s1. The van der Waals surface area contributed by atoms with E-state index in [1.54, 1.807) is 13.8 Å². The Morgan fingerprint density at radius 3 is 2.52 bits per heavy atom. The lowest BCUT2D eigenvalue weighted by molar-refractivity contribution is -0.160. The third-order valence-corrected chi connectivity index (χ3v) is 12.7. The number of esters is 1. The predicted octanol–water partition coefficient (Wildman–Crippen LogP) is 8.16. The first-order chi connectivity index (χ1) is 19.0.